The number of aryl methyl sites for hydroxylation is 1. The number of carboxylic acid groups (broad SMARTS) is 1. The summed E-state index contributed by atoms with van der Waals surface area (Å²) < 4.78 is 0.770. The third-order valence-corrected chi connectivity index (χ3v) is 9.37. The van der Waals surface area contributed by atoms with Gasteiger partial charge in [-0.15, -0.1) is 22.0 Å². The number of nitrogens with zero attached hydrogens (tertiary/aromatic N) is 3. The minimum absolute atomic E-state index is 0.0308. The number of nitrogens with one attached hydrogen (secondary N) is 2. The van der Waals surface area contributed by atoms with Crippen LogP contribution in [0, 0.1) is 12.8 Å². The summed E-state index contributed by atoms with van der Waals surface area (Å²) in [5, 5.41) is 23.8. The van der Waals surface area contributed by atoms with E-state index < -0.39 is 17.4 Å². The number of carbonyl (C=O) groups excluding carboxylic acids is 2. The van der Waals surface area contributed by atoms with Crippen molar-refractivity contribution in [2.75, 3.05) is 18.1 Å². The fourth-order valence-corrected chi connectivity index (χ4v) is 7.64. The molecule has 1 aromatic rings. The minimum atomic E-state index is -1.12. The number of aliphatic carboxylic acids is 1. The van der Waals surface area contributed by atoms with Crippen LogP contribution in [0.25, 0.3) is 0 Å². The predicted molar refractivity (Wildman–Crippen MR) is 125 cm³/mol. The van der Waals surface area contributed by atoms with Gasteiger partial charge in [0.25, 0.3) is 5.91 Å². The highest BCUT2D eigenvalue weighted by molar-refractivity contribution is 8.01. The first-order valence-electron chi connectivity index (χ1n) is 10.8. The van der Waals surface area contributed by atoms with Crippen LogP contribution in [-0.2, 0) is 9.59 Å². The van der Waals surface area contributed by atoms with E-state index in [1.807, 2.05) is 6.92 Å². The van der Waals surface area contributed by atoms with Gasteiger partial charge in [0, 0.05) is 18.1 Å². The third-order valence-electron chi connectivity index (χ3n) is 5.98. The monoisotopic (exact) mass is 497 g/mol. The van der Waals surface area contributed by atoms with Crippen LogP contribution in [0.4, 0.5) is 4.79 Å². The molecule has 3 aliphatic rings. The van der Waals surface area contributed by atoms with Gasteiger partial charge in [-0.2, -0.15) is 0 Å². The van der Waals surface area contributed by atoms with Crippen molar-refractivity contribution in [2.24, 2.45) is 5.92 Å². The maximum Gasteiger partial charge on any atom is 0.352 e. The van der Waals surface area contributed by atoms with Crippen molar-refractivity contribution in [2.45, 2.75) is 61.2 Å². The molecule has 3 amide bonds. The Balaban J connectivity index is 1.31. The Morgan fingerprint density at radius 2 is 2.03 bits per heavy atom. The zero-order valence-electron chi connectivity index (χ0n) is 17.8. The van der Waals surface area contributed by atoms with E-state index in [-0.39, 0.29) is 17.6 Å². The minimum Gasteiger partial charge on any atom is -0.477 e. The van der Waals surface area contributed by atoms with E-state index in [0.717, 1.165) is 15.8 Å². The Kier molecular flexibility index (Phi) is 7.62. The van der Waals surface area contributed by atoms with Crippen LogP contribution in [0.2, 0.25) is 0 Å². The molecule has 9 nitrogen and oxygen atoms in total. The number of urea groups is 1. The van der Waals surface area contributed by atoms with Crippen molar-refractivity contribution in [1.82, 2.24) is 25.7 Å². The molecule has 3 N–H and O–H groups in total. The molecule has 1 aliphatic carbocycles. The van der Waals surface area contributed by atoms with Crippen molar-refractivity contribution in [3.63, 3.8) is 0 Å². The molecule has 2 aliphatic heterocycles. The van der Waals surface area contributed by atoms with Crippen LogP contribution >= 0.6 is 34.9 Å². The molecule has 2 fully saturated rings. The average molecular weight is 498 g/mol. The normalized spacial score (nSPS) is 23.5. The average Bonchev–Trinajstić information content (AvgIpc) is 3.21. The summed E-state index contributed by atoms with van der Waals surface area (Å²) in [5.74, 6) is 0.0868. The molecule has 12 heteroatoms. The third kappa shape index (κ3) is 5.23. The van der Waals surface area contributed by atoms with Gasteiger partial charge in [0.1, 0.15) is 22.1 Å². The van der Waals surface area contributed by atoms with Gasteiger partial charge in [-0.25, -0.2) is 9.59 Å². The molecular formula is C20H27N5O4S3. The molecule has 32 heavy (non-hydrogen) atoms. The van der Waals surface area contributed by atoms with Gasteiger partial charge in [0.05, 0.1) is 0 Å². The summed E-state index contributed by atoms with van der Waals surface area (Å²) in [7, 11) is 0. The van der Waals surface area contributed by atoms with Crippen LogP contribution in [0.1, 0.15) is 43.5 Å². The summed E-state index contributed by atoms with van der Waals surface area (Å²) >= 11 is 4.35. The van der Waals surface area contributed by atoms with Crippen molar-refractivity contribution >= 4 is 52.8 Å². The SMILES string of the molecule is Cc1nnc(SCC2=C(C(=O)O)N3C(=O)C(NC(=O)NCCC4CCCCC4)[C@@H]3SC2)s1. The molecule has 0 bridgehead atoms. The molecular weight excluding hydrogens is 470 g/mol. The van der Waals surface area contributed by atoms with Crippen molar-refractivity contribution in [1.29, 1.82) is 0 Å². The van der Waals surface area contributed by atoms with Crippen molar-refractivity contribution in [3.05, 3.63) is 16.3 Å². The molecule has 1 aromatic heterocycles. The quantitative estimate of drug-likeness (QED) is 0.370. The van der Waals surface area contributed by atoms with Crippen LogP contribution < -0.4 is 10.6 Å². The number of aromatic nitrogens is 2. The standard InChI is InChI=1S/C20H27N5O4S3/c1-11-23-24-20(32-11)31-10-13-9-30-17-14(16(26)25(17)15(13)18(27)28)22-19(29)21-8-7-12-5-3-2-4-6-12/h12,14,17H,2-10H2,1H3,(H,27,28)(H2,21,22,29)/t14?,17-/m0/s1. The van der Waals surface area contributed by atoms with E-state index in [2.05, 4.69) is 20.8 Å². The Morgan fingerprint density at radius 1 is 1.25 bits per heavy atom. The molecule has 1 unspecified atom stereocenters. The largest absolute Gasteiger partial charge is 0.477 e. The number of β-lactam (4-membered cyclic amide) rings is 1. The first-order valence-corrected chi connectivity index (χ1v) is 13.7. The first-order chi connectivity index (χ1) is 15.4. The highest BCUT2D eigenvalue weighted by Gasteiger charge is 2.54. The summed E-state index contributed by atoms with van der Waals surface area (Å²) in [6.45, 7) is 2.45. The molecule has 3 heterocycles. The summed E-state index contributed by atoms with van der Waals surface area (Å²) in [5.41, 5.74) is 0.712. The van der Waals surface area contributed by atoms with Gasteiger partial charge in [0.2, 0.25) is 0 Å². The van der Waals surface area contributed by atoms with E-state index in [0.29, 0.717) is 29.5 Å². The van der Waals surface area contributed by atoms with Crippen molar-refractivity contribution in [3.8, 4) is 0 Å². The van der Waals surface area contributed by atoms with E-state index in [9.17, 15) is 19.5 Å². The van der Waals surface area contributed by atoms with Crippen LogP contribution in [-0.4, -0.2) is 67.6 Å². The maximum atomic E-state index is 12.7. The Morgan fingerprint density at radius 3 is 2.72 bits per heavy atom. The Bertz CT molecular complexity index is 915. The zero-order valence-corrected chi connectivity index (χ0v) is 20.3. The second-order valence-corrected chi connectivity index (χ2v) is 11.7. The molecule has 0 radical (unpaired) electrons. The van der Waals surface area contributed by atoms with E-state index >= 15 is 0 Å². The van der Waals surface area contributed by atoms with Gasteiger partial charge in [-0.3, -0.25) is 9.69 Å². The Hall–Kier alpha value is -1.79. The summed E-state index contributed by atoms with van der Waals surface area (Å²) in [6, 6.07) is -1.07. The molecule has 0 aromatic carbocycles. The van der Waals surface area contributed by atoms with Gasteiger partial charge in [-0.05, 0) is 24.8 Å². The number of hydrogen-bond acceptors (Lipinski definition) is 8. The Labute approximate surface area is 199 Å². The van der Waals surface area contributed by atoms with Gasteiger partial charge >= 0.3 is 12.0 Å². The topological polar surface area (TPSA) is 125 Å². The molecule has 174 valence electrons. The smallest absolute Gasteiger partial charge is 0.352 e. The summed E-state index contributed by atoms with van der Waals surface area (Å²) in [6.07, 6.45) is 7.24. The number of hydrogen-bond donors (Lipinski definition) is 3. The van der Waals surface area contributed by atoms with Gasteiger partial charge < -0.3 is 15.7 Å². The lowest BCUT2D eigenvalue weighted by atomic mass is 9.87. The molecule has 1 saturated carbocycles. The summed E-state index contributed by atoms with van der Waals surface area (Å²) in [4.78, 5) is 38.3. The number of amides is 3. The number of carbonyl (C=O) groups is 3. The van der Waals surface area contributed by atoms with Gasteiger partial charge in [0.15, 0.2) is 4.34 Å². The molecule has 4 rings (SSSR count). The fraction of sp³-hybridized carbons (Fsp3) is 0.650. The predicted octanol–water partition coefficient (Wildman–Crippen LogP) is 2.83. The second-order valence-electron chi connectivity index (χ2n) is 8.21. The highest BCUT2D eigenvalue weighted by atomic mass is 32.2. The lowest BCUT2D eigenvalue weighted by molar-refractivity contribution is -0.148. The zero-order chi connectivity index (χ0) is 22.7. The number of carboxylic acids is 1. The first kappa shape index (κ1) is 23.4. The second kappa shape index (κ2) is 10.4. The molecule has 0 spiro atoms. The highest BCUT2D eigenvalue weighted by Crippen LogP contribution is 2.41. The van der Waals surface area contributed by atoms with E-state index in [1.54, 1.807) is 0 Å². The van der Waals surface area contributed by atoms with Crippen LogP contribution in [0.3, 0.4) is 0 Å². The number of fused-ring (bicyclic) bond motifs is 1. The van der Waals surface area contributed by atoms with Crippen LogP contribution in [0.15, 0.2) is 15.6 Å². The lowest BCUT2D eigenvalue weighted by Gasteiger charge is -2.49. The van der Waals surface area contributed by atoms with E-state index in [1.165, 1.54) is 71.9 Å². The molecule has 1 saturated heterocycles. The van der Waals surface area contributed by atoms with Crippen LogP contribution in [0.5, 0.6) is 0 Å². The maximum absolute atomic E-state index is 12.7. The van der Waals surface area contributed by atoms with Gasteiger partial charge in [-0.1, -0.05) is 55.2 Å². The molecule has 2 atom stereocenters. The lowest BCUT2D eigenvalue weighted by Crippen LogP contribution is -2.71. The van der Waals surface area contributed by atoms with E-state index in [4.69, 9.17) is 0 Å². The van der Waals surface area contributed by atoms with Crippen molar-refractivity contribution < 1.29 is 19.5 Å². The fourth-order valence-electron chi connectivity index (χ4n) is 4.34. The number of rotatable bonds is 8. The number of thioether (sulfide) groups is 2.